The minimum absolute atomic E-state index is 0.102. The SMILES string of the molecule is C=CCOC(=O)NC(CC(=O)O)C(=O)OCC(Cl)(Cl)Cl. The van der Waals surface area contributed by atoms with Crippen LogP contribution in [-0.4, -0.2) is 46.2 Å². The van der Waals surface area contributed by atoms with E-state index < -0.39 is 40.9 Å². The molecule has 0 aliphatic heterocycles. The molecule has 0 aromatic carbocycles. The van der Waals surface area contributed by atoms with E-state index in [1.54, 1.807) is 0 Å². The fourth-order valence-corrected chi connectivity index (χ4v) is 1.10. The minimum atomic E-state index is -1.84. The summed E-state index contributed by atoms with van der Waals surface area (Å²) in [5.41, 5.74) is 0. The Morgan fingerprint density at radius 1 is 1.30 bits per heavy atom. The molecule has 20 heavy (non-hydrogen) atoms. The Hall–Kier alpha value is -1.18. The number of alkyl carbamates (subject to hydrolysis) is 1. The third kappa shape index (κ3) is 9.71. The standard InChI is InChI=1S/C10H12Cl3NO6/c1-2-3-19-9(18)14-6(4-7(15)16)8(17)20-5-10(11,12)13/h2,6H,1,3-5H2,(H,14,18)(H,15,16). The lowest BCUT2D eigenvalue weighted by Gasteiger charge is -2.17. The van der Waals surface area contributed by atoms with Crippen molar-refractivity contribution < 1.29 is 29.0 Å². The number of aliphatic carboxylic acids is 1. The van der Waals surface area contributed by atoms with Crippen LogP contribution < -0.4 is 5.32 Å². The highest BCUT2D eigenvalue weighted by atomic mass is 35.6. The number of hydrogen-bond donors (Lipinski definition) is 2. The van der Waals surface area contributed by atoms with Gasteiger partial charge in [-0.2, -0.15) is 0 Å². The third-order valence-electron chi connectivity index (χ3n) is 1.67. The van der Waals surface area contributed by atoms with Crippen LogP contribution in [0, 0.1) is 0 Å². The van der Waals surface area contributed by atoms with E-state index in [2.05, 4.69) is 16.1 Å². The number of carboxylic acid groups (broad SMARTS) is 1. The van der Waals surface area contributed by atoms with E-state index in [0.29, 0.717) is 0 Å². The van der Waals surface area contributed by atoms with Crippen LogP contribution in [0.2, 0.25) is 0 Å². The van der Waals surface area contributed by atoms with Crippen molar-refractivity contribution >= 4 is 52.8 Å². The predicted octanol–water partition coefficient (Wildman–Crippen LogP) is 1.66. The molecule has 1 atom stereocenters. The highest BCUT2D eigenvalue weighted by molar-refractivity contribution is 6.67. The van der Waals surface area contributed by atoms with Gasteiger partial charge in [0, 0.05) is 0 Å². The van der Waals surface area contributed by atoms with E-state index in [9.17, 15) is 14.4 Å². The largest absolute Gasteiger partial charge is 0.481 e. The summed E-state index contributed by atoms with van der Waals surface area (Å²) < 4.78 is 7.30. The van der Waals surface area contributed by atoms with E-state index >= 15 is 0 Å². The first-order valence-electron chi connectivity index (χ1n) is 5.15. The highest BCUT2D eigenvalue weighted by Crippen LogP contribution is 2.26. The zero-order valence-corrected chi connectivity index (χ0v) is 12.4. The van der Waals surface area contributed by atoms with Crippen LogP contribution in [0.5, 0.6) is 0 Å². The van der Waals surface area contributed by atoms with Gasteiger partial charge < -0.3 is 19.9 Å². The smallest absolute Gasteiger partial charge is 0.408 e. The Kier molecular flexibility index (Phi) is 8.36. The number of esters is 1. The van der Waals surface area contributed by atoms with Gasteiger partial charge in [-0.1, -0.05) is 47.5 Å². The summed E-state index contributed by atoms with van der Waals surface area (Å²) in [6, 6.07) is -1.46. The molecule has 0 aliphatic rings. The Morgan fingerprint density at radius 3 is 2.35 bits per heavy atom. The fourth-order valence-electron chi connectivity index (χ4n) is 0.940. The van der Waals surface area contributed by atoms with Crippen LogP contribution in [0.4, 0.5) is 4.79 Å². The van der Waals surface area contributed by atoms with E-state index in [1.165, 1.54) is 6.08 Å². The van der Waals surface area contributed by atoms with Crippen molar-refractivity contribution in [3.63, 3.8) is 0 Å². The first kappa shape index (κ1) is 18.8. The molecule has 0 fully saturated rings. The lowest BCUT2D eigenvalue weighted by Crippen LogP contribution is -2.44. The number of carbonyl (C=O) groups excluding carboxylic acids is 2. The highest BCUT2D eigenvalue weighted by Gasteiger charge is 2.29. The average molecular weight is 349 g/mol. The van der Waals surface area contributed by atoms with Gasteiger partial charge in [0.25, 0.3) is 0 Å². The van der Waals surface area contributed by atoms with Gasteiger partial charge in [-0.25, -0.2) is 9.59 Å². The van der Waals surface area contributed by atoms with Gasteiger partial charge in [-0.3, -0.25) is 4.79 Å². The summed E-state index contributed by atoms with van der Waals surface area (Å²) >= 11 is 16.1. The van der Waals surface area contributed by atoms with Crippen molar-refractivity contribution in [1.82, 2.24) is 5.32 Å². The monoisotopic (exact) mass is 347 g/mol. The van der Waals surface area contributed by atoms with Crippen molar-refractivity contribution in [2.75, 3.05) is 13.2 Å². The summed E-state index contributed by atoms with van der Waals surface area (Å²) in [6.07, 6.45) is -0.406. The topological polar surface area (TPSA) is 102 Å². The fraction of sp³-hybridized carbons (Fsp3) is 0.500. The van der Waals surface area contributed by atoms with E-state index in [4.69, 9.17) is 39.9 Å². The maximum Gasteiger partial charge on any atom is 0.408 e. The number of hydrogen-bond acceptors (Lipinski definition) is 5. The lowest BCUT2D eigenvalue weighted by atomic mass is 10.2. The van der Waals surface area contributed by atoms with E-state index in [0.717, 1.165) is 0 Å². The lowest BCUT2D eigenvalue weighted by molar-refractivity contribution is -0.150. The number of ether oxygens (including phenoxy) is 2. The molecule has 1 amide bonds. The molecule has 0 rings (SSSR count). The Balaban J connectivity index is 4.53. The molecule has 0 bridgehead atoms. The molecule has 0 heterocycles. The number of nitrogens with one attached hydrogen (secondary N) is 1. The second-order valence-corrected chi connectivity index (χ2v) is 5.92. The molecule has 7 nitrogen and oxygen atoms in total. The predicted molar refractivity (Wildman–Crippen MR) is 72.0 cm³/mol. The van der Waals surface area contributed by atoms with Crippen LogP contribution in [0.1, 0.15) is 6.42 Å². The number of alkyl halides is 3. The molecule has 0 aromatic heterocycles. The number of rotatable bonds is 7. The molecule has 10 heteroatoms. The Morgan fingerprint density at radius 2 is 1.90 bits per heavy atom. The number of amides is 1. The van der Waals surface area contributed by atoms with Crippen LogP contribution in [0.25, 0.3) is 0 Å². The van der Waals surface area contributed by atoms with E-state index in [-0.39, 0.29) is 6.61 Å². The molecule has 0 saturated carbocycles. The van der Waals surface area contributed by atoms with Crippen molar-refractivity contribution in [1.29, 1.82) is 0 Å². The first-order chi connectivity index (χ1) is 9.15. The summed E-state index contributed by atoms with van der Waals surface area (Å²) in [6.45, 7) is 2.63. The van der Waals surface area contributed by atoms with Crippen LogP contribution in [-0.2, 0) is 19.1 Å². The van der Waals surface area contributed by atoms with Gasteiger partial charge in [0.15, 0.2) is 0 Å². The zero-order valence-electron chi connectivity index (χ0n) is 10.1. The molecule has 114 valence electrons. The molecule has 1 unspecified atom stereocenters. The Labute approximate surface area is 129 Å². The molecule has 0 aliphatic carbocycles. The second-order valence-electron chi connectivity index (χ2n) is 3.40. The molecular formula is C10H12Cl3NO6. The van der Waals surface area contributed by atoms with Crippen molar-refractivity contribution in [3.05, 3.63) is 12.7 Å². The first-order valence-corrected chi connectivity index (χ1v) is 6.28. The molecule has 0 saturated heterocycles. The van der Waals surface area contributed by atoms with Crippen molar-refractivity contribution in [2.24, 2.45) is 0 Å². The Bertz CT molecular complexity index is 382. The van der Waals surface area contributed by atoms with Crippen LogP contribution in [0.15, 0.2) is 12.7 Å². The third-order valence-corrected chi connectivity index (χ3v) is 1.99. The quantitative estimate of drug-likeness (QED) is 0.412. The van der Waals surface area contributed by atoms with Gasteiger partial charge in [0.05, 0.1) is 6.42 Å². The summed E-state index contributed by atoms with van der Waals surface area (Å²) in [4.78, 5) is 33.4. The molecule has 0 spiro atoms. The molecule has 0 aromatic rings. The molecule has 0 radical (unpaired) electrons. The molecular weight excluding hydrogens is 336 g/mol. The number of carbonyl (C=O) groups is 3. The van der Waals surface area contributed by atoms with Gasteiger partial charge in [-0.15, -0.1) is 0 Å². The van der Waals surface area contributed by atoms with Crippen molar-refractivity contribution in [3.8, 4) is 0 Å². The number of halogens is 3. The second kappa shape index (κ2) is 8.89. The molecule has 2 N–H and O–H groups in total. The van der Waals surface area contributed by atoms with Gasteiger partial charge in [0.2, 0.25) is 3.79 Å². The van der Waals surface area contributed by atoms with Crippen molar-refractivity contribution in [2.45, 2.75) is 16.3 Å². The summed E-state index contributed by atoms with van der Waals surface area (Å²) in [7, 11) is 0. The van der Waals surface area contributed by atoms with Gasteiger partial charge in [0.1, 0.15) is 19.3 Å². The summed E-state index contributed by atoms with van der Waals surface area (Å²) in [5, 5.41) is 10.7. The van der Waals surface area contributed by atoms with Crippen LogP contribution >= 0.6 is 34.8 Å². The van der Waals surface area contributed by atoms with Crippen LogP contribution in [0.3, 0.4) is 0 Å². The average Bonchev–Trinajstić information content (AvgIpc) is 2.31. The number of carboxylic acids is 1. The minimum Gasteiger partial charge on any atom is -0.481 e. The maximum absolute atomic E-state index is 11.6. The van der Waals surface area contributed by atoms with Gasteiger partial charge in [-0.05, 0) is 0 Å². The normalized spacial score (nSPS) is 12.2. The van der Waals surface area contributed by atoms with E-state index in [1.807, 2.05) is 5.32 Å². The summed E-state index contributed by atoms with van der Waals surface area (Å²) in [5.74, 6) is -2.39. The van der Waals surface area contributed by atoms with Gasteiger partial charge >= 0.3 is 18.0 Å². The maximum atomic E-state index is 11.6. The zero-order chi connectivity index (χ0) is 15.8.